The number of hydrogen-bond acceptors (Lipinski definition) is 3. The van der Waals surface area contributed by atoms with E-state index in [1.54, 1.807) is 13.2 Å². The van der Waals surface area contributed by atoms with E-state index in [-0.39, 0.29) is 11.8 Å². The Balaban J connectivity index is 1.77. The van der Waals surface area contributed by atoms with Crippen LogP contribution in [0, 0.1) is 0 Å². The fraction of sp³-hybridized carbons (Fsp3) is 0.200. The molecule has 0 fully saturated rings. The number of phenols is 1. The van der Waals surface area contributed by atoms with Gasteiger partial charge in [-0.05, 0) is 41.0 Å². The lowest BCUT2D eigenvalue weighted by atomic mass is 9.99. The third-order valence-corrected chi connectivity index (χ3v) is 4.15. The normalized spacial score (nSPS) is 12.3. The maximum absolute atomic E-state index is 9.66. The minimum absolute atomic E-state index is 0.165. The topological polar surface area (TPSA) is 41.5 Å². The molecule has 0 aliphatic rings. The Bertz CT molecular complexity index is 808. The Morgan fingerprint density at radius 3 is 2.65 bits per heavy atom. The van der Waals surface area contributed by atoms with Gasteiger partial charge in [-0.2, -0.15) is 0 Å². The van der Waals surface area contributed by atoms with Crippen LogP contribution in [-0.4, -0.2) is 12.2 Å². The number of phenolic OH excluding ortho intramolecular Hbond substituents is 1. The van der Waals surface area contributed by atoms with E-state index >= 15 is 0 Å². The number of fused-ring (bicyclic) bond motifs is 1. The molecule has 0 bridgehead atoms. The zero-order valence-corrected chi connectivity index (χ0v) is 13.4. The first-order chi connectivity index (χ1) is 11.2. The van der Waals surface area contributed by atoms with Gasteiger partial charge < -0.3 is 15.2 Å². The number of benzene rings is 3. The lowest BCUT2D eigenvalue weighted by Crippen LogP contribution is -2.18. The van der Waals surface area contributed by atoms with Gasteiger partial charge in [0.1, 0.15) is 0 Å². The van der Waals surface area contributed by atoms with E-state index < -0.39 is 0 Å². The summed E-state index contributed by atoms with van der Waals surface area (Å²) >= 11 is 0. The van der Waals surface area contributed by atoms with Gasteiger partial charge in [0.25, 0.3) is 0 Å². The van der Waals surface area contributed by atoms with Crippen LogP contribution in [0.15, 0.2) is 60.7 Å². The maximum atomic E-state index is 9.66. The summed E-state index contributed by atoms with van der Waals surface area (Å²) in [5.74, 6) is 0.667. The number of ether oxygens (including phenoxy) is 1. The average Bonchev–Trinajstić information content (AvgIpc) is 2.60. The highest BCUT2D eigenvalue weighted by atomic mass is 16.5. The summed E-state index contributed by atoms with van der Waals surface area (Å²) in [7, 11) is 1.56. The lowest BCUT2D eigenvalue weighted by Gasteiger charge is -2.17. The molecule has 3 nitrogen and oxygen atoms in total. The highest BCUT2D eigenvalue weighted by molar-refractivity contribution is 5.86. The van der Waals surface area contributed by atoms with Crippen molar-refractivity contribution in [2.45, 2.75) is 19.5 Å². The third kappa shape index (κ3) is 3.30. The summed E-state index contributed by atoms with van der Waals surface area (Å²) in [6, 6.07) is 20.5. The van der Waals surface area contributed by atoms with E-state index in [4.69, 9.17) is 4.74 Å². The molecule has 23 heavy (non-hydrogen) atoms. The minimum atomic E-state index is 0.165. The first-order valence-corrected chi connectivity index (χ1v) is 7.76. The first kappa shape index (κ1) is 15.4. The molecule has 3 aromatic carbocycles. The van der Waals surface area contributed by atoms with Crippen molar-refractivity contribution in [3.05, 3.63) is 71.8 Å². The molecular formula is C20H21NO2. The van der Waals surface area contributed by atoms with E-state index in [0.717, 1.165) is 5.56 Å². The maximum Gasteiger partial charge on any atom is 0.160 e. The van der Waals surface area contributed by atoms with E-state index in [1.807, 2.05) is 12.1 Å². The van der Waals surface area contributed by atoms with Crippen LogP contribution in [-0.2, 0) is 6.54 Å². The van der Waals surface area contributed by atoms with Gasteiger partial charge in [-0.25, -0.2) is 0 Å². The van der Waals surface area contributed by atoms with Crippen molar-refractivity contribution in [1.82, 2.24) is 5.32 Å². The number of hydrogen-bond donors (Lipinski definition) is 2. The van der Waals surface area contributed by atoms with Gasteiger partial charge in [0, 0.05) is 12.6 Å². The highest BCUT2D eigenvalue weighted by Gasteiger charge is 2.09. The predicted molar refractivity (Wildman–Crippen MR) is 93.9 cm³/mol. The zero-order valence-electron chi connectivity index (χ0n) is 13.4. The van der Waals surface area contributed by atoms with Crippen LogP contribution >= 0.6 is 0 Å². The van der Waals surface area contributed by atoms with Gasteiger partial charge in [-0.3, -0.25) is 0 Å². The summed E-state index contributed by atoms with van der Waals surface area (Å²) in [6.07, 6.45) is 0. The van der Waals surface area contributed by atoms with Crippen LogP contribution in [0.4, 0.5) is 0 Å². The molecule has 0 unspecified atom stereocenters. The fourth-order valence-corrected chi connectivity index (χ4v) is 2.84. The third-order valence-electron chi connectivity index (χ3n) is 4.15. The van der Waals surface area contributed by atoms with Crippen LogP contribution < -0.4 is 10.1 Å². The molecule has 0 aromatic heterocycles. The van der Waals surface area contributed by atoms with Crippen molar-refractivity contribution in [3.8, 4) is 11.5 Å². The van der Waals surface area contributed by atoms with Gasteiger partial charge in [0.05, 0.1) is 7.11 Å². The van der Waals surface area contributed by atoms with Gasteiger partial charge in [0.15, 0.2) is 11.5 Å². The molecule has 3 heteroatoms. The molecular weight excluding hydrogens is 286 g/mol. The van der Waals surface area contributed by atoms with Crippen LogP contribution in [0.5, 0.6) is 11.5 Å². The molecule has 0 heterocycles. The molecule has 2 N–H and O–H groups in total. The molecule has 118 valence electrons. The quantitative estimate of drug-likeness (QED) is 0.734. The molecule has 0 amide bonds. The van der Waals surface area contributed by atoms with Crippen molar-refractivity contribution >= 4 is 10.8 Å². The SMILES string of the molecule is COc1cc(CN[C@H](C)c2cccc3ccccc23)ccc1O. The van der Waals surface area contributed by atoms with E-state index in [2.05, 4.69) is 54.7 Å². The second-order valence-corrected chi connectivity index (χ2v) is 5.68. The Hall–Kier alpha value is -2.52. The molecule has 3 rings (SSSR count). The summed E-state index contributed by atoms with van der Waals surface area (Å²) in [5, 5.41) is 15.7. The highest BCUT2D eigenvalue weighted by Crippen LogP contribution is 2.27. The van der Waals surface area contributed by atoms with Gasteiger partial charge >= 0.3 is 0 Å². The largest absolute Gasteiger partial charge is 0.504 e. The predicted octanol–water partition coefficient (Wildman–Crippen LogP) is 4.40. The van der Waals surface area contributed by atoms with Crippen LogP contribution in [0.2, 0.25) is 0 Å². The molecule has 3 aromatic rings. The Morgan fingerprint density at radius 1 is 1.04 bits per heavy atom. The van der Waals surface area contributed by atoms with Crippen LogP contribution in [0.3, 0.4) is 0 Å². The Morgan fingerprint density at radius 2 is 1.83 bits per heavy atom. The Kier molecular flexibility index (Phi) is 4.49. The summed E-state index contributed by atoms with van der Waals surface area (Å²) < 4.78 is 5.16. The summed E-state index contributed by atoms with van der Waals surface area (Å²) in [6.45, 7) is 2.88. The monoisotopic (exact) mass is 307 g/mol. The standard InChI is InChI=1S/C20H21NO2/c1-14(17-9-5-7-16-6-3-4-8-18(16)17)21-13-15-10-11-19(22)20(12-15)23-2/h3-12,14,21-22H,13H2,1-2H3/t14-/m1/s1. The molecule has 1 atom stereocenters. The number of aromatic hydroxyl groups is 1. The molecule has 0 saturated heterocycles. The minimum Gasteiger partial charge on any atom is -0.504 e. The van der Waals surface area contributed by atoms with Gasteiger partial charge in [0.2, 0.25) is 0 Å². The zero-order chi connectivity index (χ0) is 16.2. The molecule has 0 spiro atoms. The van der Waals surface area contributed by atoms with Crippen molar-refractivity contribution < 1.29 is 9.84 Å². The van der Waals surface area contributed by atoms with Crippen molar-refractivity contribution in [3.63, 3.8) is 0 Å². The van der Waals surface area contributed by atoms with Crippen LogP contribution in [0.1, 0.15) is 24.1 Å². The first-order valence-electron chi connectivity index (χ1n) is 7.76. The number of methoxy groups -OCH3 is 1. The van der Waals surface area contributed by atoms with E-state index in [1.165, 1.54) is 16.3 Å². The van der Waals surface area contributed by atoms with Gasteiger partial charge in [-0.15, -0.1) is 0 Å². The number of nitrogens with one attached hydrogen (secondary N) is 1. The number of rotatable bonds is 5. The Labute approximate surface area is 136 Å². The lowest BCUT2D eigenvalue weighted by molar-refractivity contribution is 0.372. The molecule has 0 saturated carbocycles. The smallest absolute Gasteiger partial charge is 0.160 e. The average molecular weight is 307 g/mol. The van der Waals surface area contributed by atoms with Gasteiger partial charge in [-0.1, -0.05) is 48.5 Å². The fourth-order valence-electron chi connectivity index (χ4n) is 2.84. The summed E-state index contributed by atoms with van der Waals surface area (Å²) in [4.78, 5) is 0. The van der Waals surface area contributed by atoms with Crippen molar-refractivity contribution in [2.75, 3.05) is 7.11 Å². The van der Waals surface area contributed by atoms with Crippen molar-refractivity contribution in [1.29, 1.82) is 0 Å². The second-order valence-electron chi connectivity index (χ2n) is 5.68. The van der Waals surface area contributed by atoms with E-state index in [9.17, 15) is 5.11 Å². The summed E-state index contributed by atoms with van der Waals surface area (Å²) in [5.41, 5.74) is 2.36. The molecule has 0 radical (unpaired) electrons. The van der Waals surface area contributed by atoms with E-state index in [0.29, 0.717) is 12.3 Å². The van der Waals surface area contributed by atoms with Crippen molar-refractivity contribution in [2.24, 2.45) is 0 Å². The molecule has 0 aliphatic carbocycles. The molecule has 0 aliphatic heterocycles. The van der Waals surface area contributed by atoms with Crippen LogP contribution in [0.25, 0.3) is 10.8 Å². The second kappa shape index (κ2) is 6.71.